The fourth-order valence-electron chi connectivity index (χ4n) is 4.51. The molecule has 176 valence electrons. The molecule has 0 saturated carbocycles. The number of carbonyl (C=O) groups excluding carboxylic acids is 1. The predicted octanol–water partition coefficient (Wildman–Crippen LogP) is 2.88. The summed E-state index contributed by atoms with van der Waals surface area (Å²) in [5.74, 6) is 1.77. The van der Waals surface area contributed by atoms with Gasteiger partial charge < -0.3 is 19.1 Å². The van der Waals surface area contributed by atoms with Crippen molar-refractivity contribution in [3.8, 4) is 17.2 Å². The average Bonchev–Trinajstić information content (AvgIpc) is 2.99. The monoisotopic (exact) mass is 472 g/mol. The maximum Gasteiger partial charge on any atom is 0.257 e. The summed E-state index contributed by atoms with van der Waals surface area (Å²) < 4.78 is 45.1. The summed E-state index contributed by atoms with van der Waals surface area (Å²) in [4.78, 5) is 15.1. The standard InChI is InChI=1S/C24H28N2O6S/c1-16-17(2)32-23-19(16)5-3-6-20(23)24(27)25-9-11-26(12-10-25)33(28,29)18-7-8-21-22(15-18)31-14-4-13-30-21/h3,5-8,15-17H,4,9-14H2,1-2H3/t16-,17-/m0/s1. The van der Waals surface area contributed by atoms with Gasteiger partial charge in [-0.25, -0.2) is 8.42 Å². The molecule has 0 unspecified atom stereocenters. The molecule has 8 nitrogen and oxygen atoms in total. The van der Waals surface area contributed by atoms with E-state index in [1.165, 1.54) is 10.4 Å². The van der Waals surface area contributed by atoms with Crippen molar-refractivity contribution in [3.63, 3.8) is 0 Å². The number of rotatable bonds is 3. The first-order valence-corrected chi connectivity index (χ1v) is 12.8. The van der Waals surface area contributed by atoms with Crippen LogP contribution in [0.3, 0.4) is 0 Å². The summed E-state index contributed by atoms with van der Waals surface area (Å²) in [5, 5.41) is 0. The van der Waals surface area contributed by atoms with Gasteiger partial charge in [-0.05, 0) is 25.1 Å². The predicted molar refractivity (Wildman–Crippen MR) is 122 cm³/mol. The molecule has 1 amide bonds. The molecule has 2 aromatic rings. The van der Waals surface area contributed by atoms with Crippen LogP contribution in [-0.4, -0.2) is 69.0 Å². The Morgan fingerprint density at radius 3 is 2.45 bits per heavy atom. The quantitative estimate of drug-likeness (QED) is 0.683. The molecule has 0 radical (unpaired) electrons. The molecule has 0 N–H and O–H groups in total. The summed E-state index contributed by atoms with van der Waals surface area (Å²) in [6.45, 7) is 6.21. The maximum absolute atomic E-state index is 13.2. The molecule has 2 atom stereocenters. The maximum atomic E-state index is 13.2. The van der Waals surface area contributed by atoms with Crippen LogP contribution in [0.4, 0.5) is 0 Å². The molecule has 3 aliphatic rings. The van der Waals surface area contributed by atoms with Crippen LogP contribution < -0.4 is 14.2 Å². The van der Waals surface area contributed by atoms with Crippen molar-refractivity contribution in [3.05, 3.63) is 47.5 Å². The third-order valence-corrected chi connectivity index (χ3v) is 8.55. The lowest BCUT2D eigenvalue weighted by Gasteiger charge is -2.34. The minimum Gasteiger partial charge on any atom is -0.490 e. The van der Waals surface area contributed by atoms with Crippen molar-refractivity contribution in [2.45, 2.75) is 37.2 Å². The number of amides is 1. The van der Waals surface area contributed by atoms with Crippen molar-refractivity contribution >= 4 is 15.9 Å². The summed E-state index contributed by atoms with van der Waals surface area (Å²) >= 11 is 0. The molecule has 0 bridgehead atoms. The SMILES string of the molecule is C[C@@H]1Oc2c(C(=O)N3CCN(S(=O)(=O)c4ccc5c(c4)OCCCO5)CC3)cccc2[C@H]1C. The molecule has 9 heteroatoms. The van der Waals surface area contributed by atoms with Crippen LogP contribution in [0.25, 0.3) is 0 Å². The Bertz CT molecular complexity index is 1170. The minimum absolute atomic E-state index is 0.0197. The molecule has 3 aliphatic heterocycles. The first-order chi connectivity index (χ1) is 15.9. The van der Waals surface area contributed by atoms with Gasteiger partial charge in [0.1, 0.15) is 11.9 Å². The number of fused-ring (bicyclic) bond motifs is 2. The topological polar surface area (TPSA) is 85.4 Å². The number of hydrogen-bond acceptors (Lipinski definition) is 6. The van der Waals surface area contributed by atoms with Gasteiger partial charge in [0.15, 0.2) is 11.5 Å². The summed E-state index contributed by atoms with van der Waals surface area (Å²) in [6.07, 6.45) is 0.770. The second-order valence-electron chi connectivity index (χ2n) is 8.69. The zero-order chi connectivity index (χ0) is 23.2. The van der Waals surface area contributed by atoms with E-state index in [1.54, 1.807) is 23.1 Å². The van der Waals surface area contributed by atoms with E-state index in [1.807, 2.05) is 19.1 Å². The van der Waals surface area contributed by atoms with Crippen LogP contribution in [0.2, 0.25) is 0 Å². The average molecular weight is 473 g/mol. The third-order valence-electron chi connectivity index (χ3n) is 6.66. The first-order valence-electron chi connectivity index (χ1n) is 11.3. The molecule has 33 heavy (non-hydrogen) atoms. The number of ether oxygens (including phenoxy) is 3. The number of hydrogen-bond donors (Lipinski definition) is 0. The third kappa shape index (κ3) is 3.93. The van der Waals surface area contributed by atoms with Gasteiger partial charge in [0.25, 0.3) is 5.91 Å². The van der Waals surface area contributed by atoms with E-state index in [-0.39, 0.29) is 35.9 Å². The Balaban J connectivity index is 1.30. The van der Waals surface area contributed by atoms with Crippen LogP contribution in [0.1, 0.15) is 42.1 Å². The molecule has 0 spiro atoms. The van der Waals surface area contributed by atoms with Gasteiger partial charge in [-0.1, -0.05) is 19.1 Å². The van der Waals surface area contributed by atoms with Gasteiger partial charge >= 0.3 is 0 Å². The Morgan fingerprint density at radius 1 is 0.970 bits per heavy atom. The molecular formula is C24H28N2O6S. The first kappa shape index (κ1) is 22.0. The molecule has 3 heterocycles. The van der Waals surface area contributed by atoms with E-state index in [2.05, 4.69) is 6.92 Å². The summed E-state index contributed by atoms with van der Waals surface area (Å²) in [6, 6.07) is 10.4. The largest absolute Gasteiger partial charge is 0.490 e. The fraction of sp³-hybridized carbons (Fsp3) is 0.458. The number of sulfonamides is 1. The van der Waals surface area contributed by atoms with Gasteiger partial charge in [0.2, 0.25) is 10.0 Å². The number of benzene rings is 2. The van der Waals surface area contributed by atoms with Crippen LogP contribution in [-0.2, 0) is 10.0 Å². The molecule has 1 fully saturated rings. The number of piperazine rings is 1. The van der Waals surface area contributed by atoms with Gasteiger partial charge in [0, 0.05) is 50.1 Å². The number of carbonyl (C=O) groups is 1. The second-order valence-corrected chi connectivity index (χ2v) is 10.6. The molecule has 5 rings (SSSR count). The second kappa shape index (κ2) is 8.53. The van der Waals surface area contributed by atoms with Crippen molar-refractivity contribution in [1.29, 1.82) is 0 Å². The van der Waals surface area contributed by atoms with E-state index < -0.39 is 10.0 Å². The van der Waals surface area contributed by atoms with Gasteiger partial charge in [-0.2, -0.15) is 4.31 Å². The van der Waals surface area contributed by atoms with Crippen molar-refractivity contribution < 1.29 is 27.4 Å². The van der Waals surface area contributed by atoms with E-state index in [4.69, 9.17) is 14.2 Å². The molecule has 1 saturated heterocycles. The van der Waals surface area contributed by atoms with Crippen LogP contribution in [0.15, 0.2) is 41.3 Å². The summed E-state index contributed by atoms with van der Waals surface area (Å²) in [5.41, 5.74) is 1.59. The van der Waals surface area contributed by atoms with Crippen LogP contribution in [0.5, 0.6) is 17.2 Å². The Labute approximate surface area is 194 Å². The molecule has 0 aliphatic carbocycles. The van der Waals surface area contributed by atoms with Crippen LogP contribution in [0, 0.1) is 0 Å². The van der Waals surface area contributed by atoms with E-state index in [0.29, 0.717) is 49.1 Å². The highest BCUT2D eigenvalue weighted by Gasteiger charge is 2.35. The van der Waals surface area contributed by atoms with E-state index in [9.17, 15) is 13.2 Å². The Kier molecular flexibility index (Phi) is 5.70. The Hall–Kier alpha value is -2.78. The molecule has 0 aromatic heterocycles. The highest BCUT2D eigenvalue weighted by atomic mass is 32.2. The lowest BCUT2D eigenvalue weighted by molar-refractivity contribution is 0.0692. The number of para-hydroxylation sites is 1. The van der Waals surface area contributed by atoms with Gasteiger partial charge in [-0.3, -0.25) is 4.79 Å². The highest BCUT2D eigenvalue weighted by molar-refractivity contribution is 7.89. The lowest BCUT2D eigenvalue weighted by Crippen LogP contribution is -2.50. The minimum atomic E-state index is -3.71. The van der Waals surface area contributed by atoms with Gasteiger partial charge in [0.05, 0.1) is 23.7 Å². The lowest BCUT2D eigenvalue weighted by atomic mass is 9.96. The van der Waals surface area contributed by atoms with Crippen molar-refractivity contribution in [1.82, 2.24) is 9.21 Å². The Morgan fingerprint density at radius 2 is 1.70 bits per heavy atom. The highest BCUT2D eigenvalue weighted by Crippen LogP contribution is 2.40. The van der Waals surface area contributed by atoms with Gasteiger partial charge in [-0.15, -0.1) is 0 Å². The van der Waals surface area contributed by atoms with Crippen molar-refractivity contribution in [2.75, 3.05) is 39.4 Å². The van der Waals surface area contributed by atoms with E-state index >= 15 is 0 Å². The zero-order valence-electron chi connectivity index (χ0n) is 18.8. The molecular weight excluding hydrogens is 444 g/mol. The fourth-order valence-corrected chi connectivity index (χ4v) is 5.95. The molecule has 2 aromatic carbocycles. The van der Waals surface area contributed by atoms with E-state index in [0.717, 1.165) is 12.0 Å². The summed E-state index contributed by atoms with van der Waals surface area (Å²) in [7, 11) is -3.71. The normalized spacial score (nSPS) is 22.9. The number of nitrogens with zero attached hydrogens (tertiary/aromatic N) is 2. The zero-order valence-corrected chi connectivity index (χ0v) is 19.6. The van der Waals surface area contributed by atoms with Crippen LogP contribution >= 0.6 is 0 Å². The van der Waals surface area contributed by atoms with Crippen molar-refractivity contribution in [2.24, 2.45) is 0 Å². The smallest absolute Gasteiger partial charge is 0.257 e.